The van der Waals surface area contributed by atoms with E-state index in [9.17, 15) is 39.5 Å². The van der Waals surface area contributed by atoms with Crippen LogP contribution in [0.4, 0.5) is 39.5 Å². The van der Waals surface area contributed by atoms with Gasteiger partial charge in [0, 0.05) is 0 Å². The van der Waals surface area contributed by atoms with Crippen molar-refractivity contribution in [2.24, 2.45) is 0 Å². The number of alkyl halides is 9. The minimum absolute atomic E-state index is 0.958. The highest BCUT2D eigenvalue weighted by Gasteiger charge is 2.83. The molecule has 10 heteroatoms. The van der Waals surface area contributed by atoms with Crippen molar-refractivity contribution in [2.45, 2.75) is 29.8 Å². The van der Waals surface area contributed by atoms with E-state index in [1.54, 1.807) is 0 Å². The van der Waals surface area contributed by atoms with E-state index in [0.29, 0.717) is 0 Å². The highest BCUT2D eigenvalue weighted by molar-refractivity contribution is 5.08. The Morgan fingerprint density at radius 1 is 0.882 bits per heavy atom. The van der Waals surface area contributed by atoms with Crippen LogP contribution in [0, 0.1) is 0 Å². The van der Waals surface area contributed by atoms with Gasteiger partial charge in [0.05, 0.1) is 6.61 Å². The minimum Gasteiger partial charge on any atom is -0.366 e. The van der Waals surface area contributed by atoms with Gasteiger partial charge in [0.2, 0.25) is 0 Å². The van der Waals surface area contributed by atoms with Crippen LogP contribution in [0.15, 0.2) is 0 Å². The molecule has 1 unspecified atom stereocenters. The third-order valence-corrected chi connectivity index (χ3v) is 2.18. The van der Waals surface area contributed by atoms with Crippen molar-refractivity contribution in [3.05, 3.63) is 0 Å². The summed E-state index contributed by atoms with van der Waals surface area (Å²) in [7, 11) is 0. The first-order valence-corrected chi connectivity index (χ1v) is 4.10. The summed E-state index contributed by atoms with van der Waals surface area (Å²) in [5.74, 6) is -24.3. The Morgan fingerprint density at radius 2 is 1.29 bits per heavy atom. The average molecular weight is 276 g/mol. The van der Waals surface area contributed by atoms with Gasteiger partial charge in [0.1, 0.15) is 0 Å². The number of epoxide rings is 1. The molecule has 1 aliphatic heterocycles. The molecule has 1 fully saturated rings. The number of halogens is 9. The molecule has 17 heavy (non-hydrogen) atoms. The van der Waals surface area contributed by atoms with Gasteiger partial charge in [-0.15, -0.1) is 0 Å². The maximum absolute atomic E-state index is 12.7. The number of hydrogen-bond donors (Lipinski definition) is 0. The van der Waals surface area contributed by atoms with Crippen molar-refractivity contribution in [3.8, 4) is 0 Å². The van der Waals surface area contributed by atoms with Gasteiger partial charge < -0.3 is 4.74 Å². The van der Waals surface area contributed by atoms with Gasteiger partial charge in [0.15, 0.2) is 12.8 Å². The maximum atomic E-state index is 12.7. The largest absolute Gasteiger partial charge is 0.381 e. The molecule has 0 spiro atoms. The normalized spacial score (nSPS) is 22.8. The molecule has 0 aromatic heterocycles. The lowest BCUT2D eigenvalue weighted by Crippen LogP contribution is -2.64. The SMILES string of the molecule is FCC(F)(F)C(F)(F)C(F)(F)C(F)(F)C1CO1. The summed E-state index contributed by atoms with van der Waals surface area (Å²) < 4.78 is 116. The molecule has 1 rings (SSSR count). The van der Waals surface area contributed by atoms with E-state index in [-0.39, 0.29) is 0 Å². The van der Waals surface area contributed by atoms with Gasteiger partial charge in [-0.2, -0.15) is 35.1 Å². The van der Waals surface area contributed by atoms with Crippen LogP contribution in [0.5, 0.6) is 0 Å². The van der Waals surface area contributed by atoms with Gasteiger partial charge in [0.25, 0.3) is 0 Å². The molecule has 0 aliphatic carbocycles. The molecular formula is C7H5F9O. The predicted octanol–water partition coefficient (Wildman–Crippen LogP) is 2.90. The lowest BCUT2D eigenvalue weighted by molar-refractivity contribution is -0.369. The van der Waals surface area contributed by atoms with E-state index >= 15 is 0 Å². The van der Waals surface area contributed by atoms with E-state index in [4.69, 9.17) is 0 Å². The van der Waals surface area contributed by atoms with Gasteiger partial charge in [-0.1, -0.05) is 0 Å². The van der Waals surface area contributed by atoms with Crippen LogP contribution in [0.3, 0.4) is 0 Å². The molecule has 1 heterocycles. The summed E-state index contributed by atoms with van der Waals surface area (Å²) in [5.41, 5.74) is 0. The van der Waals surface area contributed by atoms with Crippen molar-refractivity contribution in [1.82, 2.24) is 0 Å². The third kappa shape index (κ3) is 1.85. The zero-order valence-corrected chi connectivity index (χ0v) is 7.80. The molecule has 1 aliphatic rings. The number of hydrogen-bond acceptors (Lipinski definition) is 1. The van der Waals surface area contributed by atoms with E-state index in [1.807, 2.05) is 0 Å². The smallest absolute Gasteiger partial charge is 0.366 e. The van der Waals surface area contributed by atoms with Gasteiger partial charge in [-0.25, -0.2) is 4.39 Å². The topological polar surface area (TPSA) is 12.5 Å². The van der Waals surface area contributed by atoms with Crippen molar-refractivity contribution < 1.29 is 44.3 Å². The lowest BCUT2D eigenvalue weighted by Gasteiger charge is -2.35. The minimum atomic E-state index is -6.52. The molecule has 0 radical (unpaired) electrons. The van der Waals surface area contributed by atoms with Gasteiger partial charge >= 0.3 is 23.7 Å². The first-order valence-electron chi connectivity index (χ1n) is 4.10. The maximum Gasteiger partial charge on any atom is 0.381 e. The standard InChI is InChI=1S/C7H5F9O/c8-2-4(9,10)6(13,14)7(15,16)5(11,12)3-1-17-3/h3H,1-2H2. The molecule has 0 bridgehead atoms. The summed E-state index contributed by atoms with van der Waals surface area (Å²) in [6.45, 7) is -4.14. The summed E-state index contributed by atoms with van der Waals surface area (Å²) in [6.07, 6.45) is -2.57. The molecule has 0 aromatic rings. The van der Waals surface area contributed by atoms with Crippen LogP contribution in [-0.2, 0) is 4.74 Å². The molecule has 1 atom stereocenters. The van der Waals surface area contributed by atoms with Crippen molar-refractivity contribution in [3.63, 3.8) is 0 Å². The van der Waals surface area contributed by atoms with E-state index in [2.05, 4.69) is 4.74 Å². The molecule has 1 nitrogen and oxygen atoms in total. The van der Waals surface area contributed by atoms with Crippen LogP contribution in [0.1, 0.15) is 0 Å². The Hall–Kier alpha value is -0.670. The fraction of sp³-hybridized carbons (Fsp3) is 1.00. The molecular weight excluding hydrogens is 271 g/mol. The number of ether oxygens (including phenoxy) is 1. The predicted molar refractivity (Wildman–Crippen MR) is 35.5 cm³/mol. The fourth-order valence-electron chi connectivity index (χ4n) is 0.983. The summed E-state index contributed by atoms with van der Waals surface area (Å²) in [6, 6.07) is 0. The lowest BCUT2D eigenvalue weighted by atomic mass is 9.97. The second-order valence-electron chi connectivity index (χ2n) is 3.43. The summed E-state index contributed by atoms with van der Waals surface area (Å²) >= 11 is 0. The summed E-state index contributed by atoms with van der Waals surface area (Å²) in [4.78, 5) is 0. The van der Waals surface area contributed by atoms with Crippen LogP contribution in [-0.4, -0.2) is 43.1 Å². The van der Waals surface area contributed by atoms with Crippen molar-refractivity contribution in [1.29, 1.82) is 0 Å². The Labute approximate surface area is 88.5 Å². The molecule has 102 valence electrons. The Kier molecular flexibility index (Phi) is 3.10. The monoisotopic (exact) mass is 276 g/mol. The first-order chi connectivity index (χ1) is 7.42. The second-order valence-corrected chi connectivity index (χ2v) is 3.43. The average Bonchev–Trinajstić information content (AvgIpc) is 2.99. The van der Waals surface area contributed by atoms with Crippen LogP contribution >= 0.6 is 0 Å². The van der Waals surface area contributed by atoms with Crippen molar-refractivity contribution in [2.75, 3.05) is 13.3 Å². The molecule has 0 aromatic carbocycles. The van der Waals surface area contributed by atoms with E-state index in [1.165, 1.54) is 0 Å². The molecule has 0 saturated carbocycles. The van der Waals surface area contributed by atoms with Gasteiger partial charge in [-0.3, -0.25) is 0 Å². The zero-order valence-electron chi connectivity index (χ0n) is 7.80. The van der Waals surface area contributed by atoms with E-state index < -0.39 is 43.1 Å². The third-order valence-electron chi connectivity index (χ3n) is 2.18. The van der Waals surface area contributed by atoms with Crippen molar-refractivity contribution >= 4 is 0 Å². The van der Waals surface area contributed by atoms with Crippen LogP contribution in [0.25, 0.3) is 0 Å². The van der Waals surface area contributed by atoms with Crippen LogP contribution in [0.2, 0.25) is 0 Å². The fourth-order valence-corrected chi connectivity index (χ4v) is 0.983. The van der Waals surface area contributed by atoms with E-state index in [0.717, 1.165) is 0 Å². The Balaban J connectivity index is 3.11. The number of rotatable bonds is 5. The summed E-state index contributed by atoms with van der Waals surface area (Å²) in [5, 5.41) is 0. The molecule has 1 saturated heterocycles. The molecule has 0 N–H and O–H groups in total. The highest BCUT2D eigenvalue weighted by Crippen LogP contribution is 2.55. The highest BCUT2D eigenvalue weighted by atomic mass is 19.4. The Bertz CT molecular complexity index is 296. The van der Waals surface area contributed by atoms with Crippen LogP contribution < -0.4 is 0 Å². The zero-order chi connectivity index (χ0) is 13.7. The van der Waals surface area contributed by atoms with Gasteiger partial charge in [-0.05, 0) is 0 Å². The first kappa shape index (κ1) is 14.4. The Morgan fingerprint density at radius 3 is 1.59 bits per heavy atom. The quantitative estimate of drug-likeness (QED) is 0.555. The molecule has 0 amide bonds. The second kappa shape index (κ2) is 3.66.